The van der Waals surface area contributed by atoms with Gasteiger partial charge < -0.3 is 5.11 Å². The molecule has 1 aromatic rings. The second-order valence-corrected chi connectivity index (χ2v) is 6.88. The van der Waals surface area contributed by atoms with E-state index >= 15 is 0 Å². The van der Waals surface area contributed by atoms with Gasteiger partial charge in [0.15, 0.2) is 0 Å². The van der Waals surface area contributed by atoms with Crippen molar-refractivity contribution in [2.45, 2.75) is 11.8 Å². The number of aliphatic carboxylic acids is 1. The molecule has 0 amide bonds. The van der Waals surface area contributed by atoms with E-state index in [1.54, 1.807) is 0 Å². The van der Waals surface area contributed by atoms with Crippen LogP contribution in [0.25, 0.3) is 0 Å². The van der Waals surface area contributed by atoms with Gasteiger partial charge in [0.05, 0.1) is 16.0 Å². The van der Waals surface area contributed by atoms with Gasteiger partial charge in [-0.3, -0.25) is 4.79 Å². The van der Waals surface area contributed by atoms with E-state index in [4.69, 9.17) is 28.3 Å². The molecule has 1 N–H and O–H groups in total. The Hall–Kier alpha value is -0.820. The first-order valence-corrected chi connectivity index (χ1v) is 7.50. The zero-order chi connectivity index (χ0) is 14.8. The predicted octanol–water partition coefficient (Wildman–Crippen LogP) is 2.33. The zero-order valence-corrected chi connectivity index (χ0v) is 12.6. The third-order valence-electron chi connectivity index (χ3n) is 2.56. The monoisotopic (exact) mass is 325 g/mol. The van der Waals surface area contributed by atoms with E-state index in [1.807, 2.05) is 0 Å². The number of benzene rings is 1. The minimum Gasteiger partial charge on any atom is -0.481 e. The number of hydrogen-bond donors (Lipinski definition) is 1. The van der Waals surface area contributed by atoms with Crippen LogP contribution in [0.15, 0.2) is 23.1 Å². The first-order valence-electron chi connectivity index (χ1n) is 5.31. The topological polar surface area (TPSA) is 74.7 Å². The molecule has 8 heteroatoms. The quantitative estimate of drug-likeness (QED) is 0.901. The summed E-state index contributed by atoms with van der Waals surface area (Å²) in [5, 5.41) is 8.85. The van der Waals surface area contributed by atoms with Crippen LogP contribution in [-0.2, 0) is 14.8 Å². The second kappa shape index (κ2) is 6.09. The normalized spacial score (nSPS) is 13.5. The number of halogens is 2. The van der Waals surface area contributed by atoms with Crippen molar-refractivity contribution in [3.05, 3.63) is 28.2 Å². The number of sulfonamides is 1. The van der Waals surface area contributed by atoms with Crippen LogP contribution in [0.2, 0.25) is 10.0 Å². The summed E-state index contributed by atoms with van der Waals surface area (Å²) in [7, 11) is -2.57. The molecule has 0 aliphatic rings. The molecule has 1 unspecified atom stereocenters. The highest BCUT2D eigenvalue weighted by Gasteiger charge is 2.27. The third-order valence-corrected chi connectivity index (χ3v) is 5.35. The molecule has 106 valence electrons. The molecule has 0 saturated carbocycles. The molecule has 0 saturated heterocycles. The second-order valence-electron chi connectivity index (χ2n) is 4.08. The van der Waals surface area contributed by atoms with Crippen molar-refractivity contribution in [3.63, 3.8) is 0 Å². The van der Waals surface area contributed by atoms with E-state index < -0.39 is 21.9 Å². The Morgan fingerprint density at radius 2 is 2.00 bits per heavy atom. The summed E-state index contributed by atoms with van der Waals surface area (Å²) in [6.45, 7) is 1.27. The van der Waals surface area contributed by atoms with E-state index in [2.05, 4.69) is 0 Å². The van der Waals surface area contributed by atoms with Gasteiger partial charge in [-0.1, -0.05) is 36.2 Å². The molecule has 0 bridgehead atoms. The molecule has 19 heavy (non-hydrogen) atoms. The first-order chi connectivity index (χ1) is 8.67. The van der Waals surface area contributed by atoms with Gasteiger partial charge in [-0.2, -0.15) is 0 Å². The highest BCUT2D eigenvalue weighted by atomic mass is 35.5. The molecule has 0 radical (unpaired) electrons. The number of hydrogen-bond acceptors (Lipinski definition) is 3. The lowest BCUT2D eigenvalue weighted by atomic mass is 10.2. The van der Waals surface area contributed by atoms with E-state index in [-0.39, 0.29) is 21.5 Å². The zero-order valence-electron chi connectivity index (χ0n) is 10.3. The summed E-state index contributed by atoms with van der Waals surface area (Å²) in [5.41, 5.74) is 0. The Labute approximate surface area is 121 Å². The van der Waals surface area contributed by atoms with Gasteiger partial charge in [0, 0.05) is 13.6 Å². The average molecular weight is 326 g/mol. The number of carboxylic acid groups (broad SMARTS) is 1. The van der Waals surface area contributed by atoms with E-state index in [0.717, 1.165) is 4.31 Å². The Kier molecular flexibility index (Phi) is 5.20. The van der Waals surface area contributed by atoms with E-state index in [9.17, 15) is 13.2 Å². The van der Waals surface area contributed by atoms with Crippen molar-refractivity contribution in [3.8, 4) is 0 Å². The van der Waals surface area contributed by atoms with Crippen molar-refractivity contribution >= 4 is 39.2 Å². The predicted molar refractivity (Wildman–Crippen MR) is 73.1 cm³/mol. The molecule has 0 aliphatic heterocycles. The van der Waals surface area contributed by atoms with Crippen molar-refractivity contribution in [2.24, 2.45) is 5.92 Å². The van der Waals surface area contributed by atoms with Gasteiger partial charge in [-0.05, 0) is 12.1 Å². The van der Waals surface area contributed by atoms with Crippen molar-refractivity contribution in [2.75, 3.05) is 13.6 Å². The molecule has 1 atom stereocenters. The fourth-order valence-corrected chi connectivity index (χ4v) is 3.40. The minimum absolute atomic E-state index is 0.0704. The van der Waals surface area contributed by atoms with Gasteiger partial charge in [-0.25, -0.2) is 12.7 Å². The van der Waals surface area contributed by atoms with Gasteiger partial charge >= 0.3 is 5.97 Å². The van der Waals surface area contributed by atoms with Crippen molar-refractivity contribution < 1.29 is 18.3 Å². The first kappa shape index (κ1) is 16.2. The lowest BCUT2D eigenvalue weighted by Crippen LogP contribution is -2.33. The maximum Gasteiger partial charge on any atom is 0.307 e. The van der Waals surface area contributed by atoms with Crippen LogP contribution in [-0.4, -0.2) is 37.4 Å². The summed E-state index contributed by atoms with van der Waals surface area (Å²) >= 11 is 11.6. The fraction of sp³-hybridized carbons (Fsp3) is 0.364. The largest absolute Gasteiger partial charge is 0.481 e. The SMILES string of the molecule is CC(CN(C)S(=O)(=O)c1cccc(Cl)c1Cl)C(=O)O. The molecule has 5 nitrogen and oxygen atoms in total. The lowest BCUT2D eigenvalue weighted by Gasteiger charge is -2.20. The summed E-state index contributed by atoms with van der Waals surface area (Å²) in [5.74, 6) is -1.89. The van der Waals surface area contributed by atoms with Crippen LogP contribution >= 0.6 is 23.2 Å². The molecule has 0 heterocycles. The van der Waals surface area contributed by atoms with E-state index in [0.29, 0.717) is 0 Å². The molecule has 0 aliphatic carbocycles. The number of nitrogens with zero attached hydrogens (tertiary/aromatic N) is 1. The van der Waals surface area contributed by atoms with E-state index in [1.165, 1.54) is 32.2 Å². The summed E-state index contributed by atoms with van der Waals surface area (Å²) in [6.07, 6.45) is 0. The maximum absolute atomic E-state index is 12.3. The Morgan fingerprint density at radius 1 is 1.42 bits per heavy atom. The third kappa shape index (κ3) is 3.60. The Bertz CT molecular complexity index is 588. The van der Waals surface area contributed by atoms with Gasteiger partial charge in [0.2, 0.25) is 10.0 Å². The molecular weight excluding hydrogens is 313 g/mol. The molecule has 1 rings (SSSR count). The maximum atomic E-state index is 12.3. The van der Waals surface area contributed by atoms with Crippen LogP contribution in [0.3, 0.4) is 0 Å². The number of carbonyl (C=O) groups is 1. The molecular formula is C11H13Cl2NO4S. The lowest BCUT2D eigenvalue weighted by molar-refractivity contribution is -0.141. The van der Waals surface area contributed by atoms with Gasteiger partial charge in [-0.15, -0.1) is 0 Å². The smallest absolute Gasteiger partial charge is 0.307 e. The highest BCUT2D eigenvalue weighted by molar-refractivity contribution is 7.89. The van der Waals surface area contributed by atoms with Crippen LogP contribution in [0.4, 0.5) is 0 Å². The number of carboxylic acids is 1. The minimum atomic E-state index is -3.87. The van der Waals surface area contributed by atoms with Gasteiger partial charge in [0.1, 0.15) is 4.90 Å². The summed E-state index contributed by atoms with van der Waals surface area (Å²) < 4.78 is 25.5. The van der Waals surface area contributed by atoms with Crippen molar-refractivity contribution in [1.29, 1.82) is 0 Å². The average Bonchev–Trinajstić information content (AvgIpc) is 2.32. The van der Waals surface area contributed by atoms with Crippen LogP contribution < -0.4 is 0 Å². The van der Waals surface area contributed by atoms with Crippen LogP contribution in [0.1, 0.15) is 6.92 Å². The van der Waals surface area contributed by atoms with Crippen LogP contribution in [0, 0.1) is 5.92 Å². The number of rotatable bonds is 5. The van der Waals surface area contributed by atoms with Crippen molar-refractivity contribution in [1.82, 2.24) is 4.31 Å². The Morgan fingerprint density at radius 3 is 2.53 bits per heavy atom. The standard InChI is InChI=1S/C11H13Cl2NO4S/c1-7(11(15)16)6-14(2)19(17,18)9-5-3-4-8(12)10(9)13/h3-5,7H,6H2,1-2H3,(H,15,16). The summed E-state index contributed by atoms with van der Waals surface area (Å²) in [6, 6.07) is 4.27. The fourth-order valence-electron chi connectivity index (χ4n) is 1.41. The molecule has 0 spiro atoms. The van der Waals surface area contributed by atoms with Crippen LogP contribution in [0.5, 0.6) is 0 Å². The molecule has 0 aromatic heterocycles. The van der Waals surface area contributed by atoms with Gasteiger partial charge in [0.25, 0.3) is 0 Å². The molecule has 1 aromatic carbocycles. The summed E-state index contributed by atoms with van der Waals surface area (Å²) in [4.78, 5) is 10.6. The Balaban J connectivity index is 3.10. The molecule has 0 fully saturated rings. The highest BCUT2D eigenvalue weighted by Crippen LogP contribution is 2.30.